The fraction of sp³-hybridized carbons (Fsp3) is 0.429. The zero-order valence-corrected chi connectivity index (χ0v) is 15.3. The number of rotatable bonds is 4. The van der Waals surface area contributed by atoms with E-state index in [1.807, 2.05) is 42.6 Å². The molecule has 2 heterocycles. The van der Waals surface area contributed by atoms with Crippen LogP contribution >= 0.6 is 0 Å². The molecular weight excluding hydrogens is 310 g/mol. The second-order valence-electron chi connectivity index (χ2n) is 7.27. The van der Waals surface area contributed by atoms with E-state index in [2.05, 4.69) is 36.0 Å². The summed E-state index contributed by atoms with van der Waals surface area (Å²) < 4.78 is 0. The van der Waals surface area contributed by atoms with E-state index in [4.69, 9.17) is 0 Å². The van der Waals surface area contributed by atoms with Crippen molar-refractivity contribution in [2.45, 2.75) is 39.5 Å². The summed E-state index contributed by atoms with van der Waals surface area (Å²) in [6.45, 7) is 8.68. The molecule has 25 heavy (non-hydrogen) atoms. The third-order valence-electron chi connectivity index (χ3n) is 4.96. The number of pyridine rings is 1. The number of benzene rings is 1. The summed E-state index contributed by atoms with van der Waals surface area (Å²) in [6, 6.07) is 11.8. The molecule has 3 rings (SSSR count). The van der Waals surface area contributed by atoms with Gasteiger partial charge in [0, 0.05) is 18.8 Å². The predicted octanol–water partition coefficient (Wildman–Crippen LogP) is 4.69. The van der Waals surface area contributed by atoms with E-state index in [1.54, 1.807) is 0 Å². The number of amides is 1. The first-order valence-corrected chi connectivity index (χ1v) is 9.16. The van der Waals surface area contributed by atoms with Crippen molar-refractivity contribution in [3.8, 4) is 0 Å². The normalized spacial score (nSPS) is 15.4. The maximum absolute atomic E-state index is 12.5. The van der Waals surface area contributed by atoms with Crippen LogP contribution in [0.15, 0.2) is 42.6 Å². The number of piperidine rings is 1. The molecule has 0 atom stereocenters. The number of aromatic nitrogens is 1. The van der Waals surface area contributed by atoms with E-state index >= 15 is 0 Å². The number of carbonyl (C=O) groups excluding carboxylic acids is 1. The third-order valence-corrected chi connectivity index (χ3v) is 4.96. The van der Waals surface area contributed by atoms with Gasteiger partial charge in [0.15, 0.2) is 0 Å². The summed E-state index contributed by atoms with van der Waals surface area (Å²) in [6.07, 6.45) is 4.25. The van der Waals surface area contributed by atoms with Crippen molar-refractivity contribution in [1.29, 1.82) is 0 Å². The average Bonchev–Trinajstić information content (AvgIpc) is 2.63. The SMILES string of the molecule is CC1CCN(c2ccc(C(=O)Nc3ccccc3C(C)C)nc2)CC1. The molecule has 0 saturated carbocycles. The van der Waals surface area contributed by atoms with Gasteiger partial charge in [0.05, 0.1) is 11.9 Å². The van der Waals surface area contributed by atoms with E-state index in [-0.39, 0.29) is 5.91 Å². The van der Waals surface area contributed by atoms with Gasteiger partial charge in [-0.2, -0.15) is 0 Å². The Morgan fingerprint density at radius 1 is 1.16 bits per heavy atom. The Morgan fingerprint density at radius 2 is 1.88 bits per heavy atom. The number of nitrogens with zero attached hydrogens (tertiary/aromatic N) is 2. The van der Waals surface area contributed by atoms with Crippen LogP contribution in [0.3, 0.4) is 0 Å². The molecular formula is C21H27N3O. The Kier molecular flexibility index (Phi) is 5.37. The highest BCUT2D eigenvalue weighted by molar-refractivity contribution is 6.03. The molecule has 1 fully saturated rings. The van der Waals surface area contributed by atoms with Crippen LogP contribution in [-0.4, -0.2) is 24.0 Å². The van der Waals surface area contributed by atoms with Crippen LogP contribution in [0.25, 0.3) is 0 Å². The average molecular weight is 337 g/mol. The van der Waals surface area contributed by atoms with Crippen LogP contribution < -0.4 is 10.2 Å². The number of nitrogens with one attached hydrogen (secondary N) is 1. The largest absolute Gasteiger partial charge is 0.370 e. The van der Waals surface area contributed by atoms with Gasteiger partial charge in [0.25, 0.3) is 5.91 Å². The second kappa shape index (κ2) is 7.68. The minimum atomic E-state index is -0.160. The van der Waals surface area contributed by atoms with Crippen LogP contribution in [0, 0.1) is 5.92 Å². The summed E-state index contributed by atoms with van der Waals surface area (Å²) in [7, 11) is 0. The number of hydrogen-bond donors (Lipinski definition) is 1. The van der Waals surface area contributed by atoms with Gasteiger partial charge in [0.1, 0.15) is 5.69 Å². The van der Waals surface area contributed by atoms with Crippen molar-refractivity contribution in [2.75, 3.05) is 23.3 Å². The molecule has 1 aromatic carbocycles. The van der Waals surface area contributed by atoms with Gasteiger partial charge < -0.3 is 10.2 Å². The van der Waals surface area contributed by atoms with Crippen molar-refractivity contribution in [1.82, 2.24) is 4.98 Å². The fourth-order valence-electron chi connectivity index (χ4n) is 3.27. The standard InChI is InChI=1S/C21H27N3O/c1-15(2)18-6-4-5-7-19(18)23-21(25)20-9-8-17(14-22-20)24-12-10-16(3)11-13-24/h4-9,14-16H,10-13H2,1-3H3,(H,23,25). The van der Waals surface area contributed by atoms with Crippen LogP contribution in [-0.2, 0) is 0 Å². The van der Waals surface area contributed by atoms with Crippen LogP contribution in [0.5, 0.6) is 0 Å². The van der Waals surface area contributed by atoms with E-state index < -0.39 is 0 Å². The Morgan fingerprint density at radius 3 is 2.52 bits per heavy atom. The Hall–Kier alpha value is -2.36. The molecule has 0 spiro atoms. The Balaban J connectivity index is 1.69. The summed E-state index contributed by atoms with van der Waals surface area (Å²) in [5.74, 6) is 0.996. The lowest BCUT2D eigenvalue weighted by atomic mass is 9.99. The predicted molar refractivity (Wildman–Crippen MR) is 103 cm³/mol. The number of hydrogen-bond acceptors (Lipinski definition) is 3. The highest BCUT2D eigenvalue weighted by atomic mass is 16.1. The second-order valence-corrected chi connectivity index (χ2v) is 7.27. The molecule has 1 aliphatic rings. The first-order valence-electron chi connectivity index (χ1n) is 9.16. The molecule has 0 radical (unpaired) electrons. The van der Waals surface area contributed by atoms with Gasteiger partial charge in [-0.15, -0.1) is 0 Å². The zero-order valence-electron chi connectivity index (χ0n) is 15.3. The van der Waals surface area contributed by atoms with Crippen LogP contribution in [0.4, 0.5) is 11.4 Å². The van der Waals surface area contributed by atoms with Gasteiger partial charge in [-0.1, -0.05) is 39.0 Å². The molecule has 2 aromatic rings. The van der Waals surface area contributed by atoms with Gasteiger partial charge in [-0.3, -0.25) is 4.79 Å². The van der Waals surface area contributed by atoms with Crippen molar-refractivity contribution in [3.63, 3.8) is 0 Å². The van der Waals surface area contributed by atoms with Gasteiger partial charge in [-0.25, -0.2) is 4.98 Å². The number of anilines is 2. The first kappa shape index (κ1) is 17.5. The smallest absolute Gasteiger partial charge is 0.274 e. The maximum Gasteiger partial charge on any atom is 0.274 e. The van der Waals surface area contributed by atoms with Crippen molar-refractivity contribution in [2.24, 2.45) is 5.92 Å². The molecule has 1 aromatic heterocycles. The highest BCUT2D eigenvalue weighted by Gasteiger charge is 2.17. The van der Waals surface area contributed by atoms with E-state index in [0.29, 0.717) is 11.6 Å². The van der Waals surface area contributed by atoms with E-state index in [1.165, 1.54) is 12.8 Å². The van der Waals surface area contributed by atoms with Crippen LogP contribution in [0.2, 0.25) is 0 Å². The van der Waals surface area contributed by atoms with Gasteiger partial charge in [-0.05, 0) is 48.4 Å². The quantitative estimate of drug-likeness (QED) is 0.880. The molecule has 132 valence electrons. The van der Waals surface area contributed by atoms with Gasteiger partial charge >= 0.3 is 0 Å². The molecule has 4 nitrogen and oxygen atoms in total. The summed E-state index contributed by atoms with van der Waals surface area (Å²) >= 11 is 0. The van der Waals surface area contributed by atoms with Crippen molar-refractivity contribution in [3.05, 3.63) is 53.9 Å². The topological polar surface area (TPSA) is 45.2 Å². The molecule has 1 aliphatic heterocycles. The fourth-order valence-corrected chi connectivity index (χ4v) is 3.27. The minimum Gasteiger partial charge on any atom is -0.370 e. The molecule has 0 unspecified atom stereocenters. The molecule has 0 aliphatic carbocycles. The monoisotopic (exact) mass is 337 g/mol. The number of para-hydroxylation sites is 1. The van der Waals surface area contributed by atoms with Crippen molar-refractivity contribution < 1.29 is 4.79 Å². The number of carbonyl (C=O) groups is 1. The van der Waals surface area contributed by atoms with E-state index in [9.17, 15) is 4.79 Å². The Labute approximate surface area is 150 Å². The molecule has 0 bridgehead atoms. The lowest BCUT2D eigenvalue weighted by molar-refractivity contribution is 0.102. The lowest BCUT2D eigenvalue weighted by Gasteiger charge is -2.31. The zero-order chi connectivity index (χ0) is 17.8. The first-order chi connectivity index (χ1) is 12.0. The van der Waals surface area contributed by atoms with Crippen LogP contribution in [0.1, 0.15) is 55.6 Å². The van der Waals surface area contributed by atoms with Gasteiger partial charge in [0.2, 0.25) is 0 Å². The van der Waals surface area contributed by atoms with Crippen molar-refractivity contribution >= 4 is 17.3 Å². The molecule has 1 N–H and O–H groups in total. The summed E-state index contributed by atoms with van der Waals surface area (Å²) in [5.41, 5.74) is 3.55. The molecule has 4 heteroatoms. The summed E-state index contributed by atoms with van der Waals surface area (Å²) in [4.78, 5) is 19.3. The molecule has 1 saturated heterocycles. The highest BCUT2D eigenvalue weighted by Crippen LogP contribution is 2.25. The molecule has 1 amide bonds. The summed E-state index contributed by atoms with van der Waals surface area (Å²) in [5, 5.41) is 3.00. The lowest BCUT2D eigenvalue weighted by Crippen LogP contribution is -2.32. The Bertz CT molecular complexity index is 716. The minimum absolute atomic E-state index is 0.160. The van der Waals surface area contributed by atoms with E-state index in [0.717, 1.165) is 35.9 Å². The maximum atomic E-state index is 12.5. The third kappa shape index (κ3) is 4.19.